The molecule has 1 rings (SSSR count). The van der Waals surface area contributed by atoms with Crippen LogP contribution in [0.4, 0.5) is 0 Å². The minimum atomic E-state index is -0.280. The van der Waals surface area contributed by atoms with Crippen molar-refractivity contribution in [2.24, 2.45) is 5.73 Å². The summed E-state index contributed by atoms with van der Waals surface area (Å²) in [6.07, 6.45) is 8.05. The average molecular weight is 283 g/mol. The van der Waals surface area contributed by atoms with Crippen LogP contribution in [0.25, 0.3) is 0 Å². The van der Waals surface area contributed by atoms with E-state index in [9.17, 15) is 0 Å². The zero-order valence-electron chi connectivity index (χ0n) is 11.6. The highest BCUT2D eigenvalue weighted by atomic mass is 32.1. The molecule has 1 aromatic rings. The Morgan fingerprint density at radius 2 is 1.68 bits per heavy atom. The molecule has 4 N–H and O–H groups in total. The largest absolute Gasteiger partial charge is 0.507 e. The Morgan fingerprint density at radius 1 is 1.11 bits per heavy atom. The van der Waals surface area contributed by atoms with Crippen LogP contribution in [0.3, 0.4) is 0 Å². The van der Waals surface area contributed by atoms with E-state index in [4.69, 9.17) is 15.9 Å². The highest BCUT2D eigenvalue weighted by Gasteiger charge is 2.01. The molecule has 0 atom stereocenters. The molecule has 0 spiro atoms. The summed E-state index contributed by atoms with van der Waals surface area (Å²) < 4.78 is 0. The van der Waals surface area contributed by atoms with Gasteiger partial charge in [0.1, 0.15) is 5.75 Å². The van der Waals surface area contributed by atoms with Gasteiger partial charge in [0.05, 0.1) is 5.56 Å². The second-order valence-corrected chi connectivity index (χ2v) is 4.77. The minimum Gasteiger partial charge on any atom is -0.507 e. The lowest BCUT2D eigenvalue weighted by Crippen LogP contribution is -1.97. The zero-order chi connectivity index (χ0) is 14.5. The van der Waals surface area contributed by atoms with Crippen molar-refractivity contribution < 1.29 is 10.2 Å². The average Bonchev–Trinajstić information content (AvgIpc) is 2.40. The predicted molar refractivity (Wildman–Crippen MR) is 84.9 cm³/mol. The number of thiocarbonyl (C=S) groups is 1. The van der Waals surface area contributed by atoms with Gasteiger partial charge in [0.2, 0.25) is 0 Å². The van der Waals surface area contributed by atoms with Crippen LogP contribution < -0.4 is 5.73 Å². The first-order chi connectivity index (χ1) is 9.13. The Bertz CT molecular complexity index is 350. The molecule has 0 radical (unpaired) electrons. The molecule has 0 aromatic heterocycles. The minimum absolute atomic E-state index is 0.00926. The number of aliphatic hydroxyl groups is 1. The highest BCUT2D eigenvalue weighted by molar-refractivity contribution is 7.80. The molecule has 1 aromatic carbocycles. The number of hydrogen-bond acceptors (Lipinski definition) is 3. The zero-order valence-corrected chi connectivity index (χ0v) is 12.5. The van der Waals surface area contributed by atoms with Crippen LogP contribution in [-0.4, -0.2) is 21.8 Å². The molecular formula is C15H25NO2S. The Morgan fingerprint density at radius 3 is 2.16 bits per heavy atom. The first-order valence-electron chi connectivity index (χ1n) is 6.84. The van der Waals surface area contributed by atoms with Crippen molar-refractivity contribution in [2.45, 2.75) is 45.4 Å². The Kier molecular flexibility index (Phi) is 11.2. The smallest absolute Gasteiger partial charge is 0.192 e. The van der Waals surface area contributed by atoms with Gasteiger partial charge in [-0.3, -0.25) is 0 Å². The van der Waals surface area contributed by atoms with Gasteiger partial charge in [0, 0.05) is 0 Å². The fraction of sp³-hybridized carbons (Fsp3) is 0.533. The Hall–Kier alpha value is -1.13. The van der Waals surface area contributed by atoms with E-state index in [1.54, 1.807) is 18.2 Å². The quantitative estimate of drug-likeness (QED) is 0.524. The molecule has 0 amide bonds. The summed E-state index contributed by atoms with van der Waals surface area (Å²) >= 11 is 4.45. The molecule has 0 bridgehead atoms. The van der Waals surface area contributed by atoms with Crippen LogP contribution >= 0.6 is 12.2 Å². The third-order valence-electron chi connectivity index (χ3n) is 2.69. The van der Waals surface area contributed by atoms with Crippen molar-refractivity contribution in [2.75, 3.05) is 6.54 Å². The van der Waals surface area contributed by atoms with Crippen molar-refractivity contribution in [3.8, 4) is 5.75 Å². The van der Waals surface area contributed by atoms with Crippen LogP contribution in [0.5, 0.6) is 5.75 Å². The summed E-state index contributed by atoms with van der Waals surface area (Å²) in [6, 6.07) is 6.38. The molecular weight excluding hydrogens is 258 g/mol. The third-order valence-corrected chi connectivity index (χ3v) is 2.91. The van der Waals surface area contributed by atoms with Crippen LogP contribution in [0, 0.1) is 0 Å². The molecule has 3 nitrogen and oxygen atoms in total. The van der Waals surface area contributed by atoms with Gasteiger partial charge in [-0.15, -0.1) is 0 Å². The second-order valence-electron chi connectivity index (χ2n) is 4.38. The second kappa shape index (κ2) is 11.9. The van der Waals surface area contributed by atoms with E-state index in [0.29, 0.717) is 5.56 Å². The van der Waals surface area contributed by atoms with Crippen LogP contribution in [0.2, 0.25) is 0 Å². The van der Waals surface area contributed by atoms with Gasteiger partial charge >= 0.3 is 0 Å². The number of aromatic hydroxyl groups is 1. The third kappa shape index (κ3) is 9.45. The summed E-state index contributed by atoms with van der Waals surface area (Å²) in [5, 5.41) is 17.5. The van der Waals surface area contributed by atoms with E-state index in [1.165, 1.54) is 44.6 Å². The number of nitrogens with two attached hydrogens (primary N) is 1. The van der Waals surface area contributed by atoms with Crippen molar-refractivity contribution in [1.82, 2.24) is 0 Å². The van der Waals surface area contributed by atoms with E-state index in [1.807, 2.05) is 0 Å². The Labute approximate surface area is 121 Å². The lowest BCUT2D eigenvalue weighted by atomic mass is 10.1. The number of phenolic OH excluding ortho intramolecular Hbond substituents is 1. The SMILES string of the molecule is CCCCCCCCN.OC(=S)c1ccccc1O. The van der Waals surface area contributed by atoms with Crippen molar-refractivity contribution in [3.05, 3.63) is 29.8 Å². The molecule has 0 heterocycles. The molecule has 0 aliphatic heterocycles. The van der Waals surface area contributed by atoms with Gasteiger partial charge in [0.15, 0.2) is 5.05 Å². The van der Waals surface area contributed by atoms with Gasteiger partial charge < -0.3 is 15.9 Å². The predicted octanol–water partition coefficient (Wildman–Crippen LogP) is 3.93. The maximum atomic E-state index is 9.03. The molecule has 0 fully saturated rings. The first-order valence-corrected chi connectivity index (χ1v) is 7.25. The van der Waals surface area contributed by atoms with Gasteiger partial charge in [0.25, 0.3) is 0 Å². The lowest BCUT2D eigenvalue weighted by molar-refractivity contribution is 0.470. The fourth-order valence-electron chi connectivity index (χ4n) is 1.58. The molecule has 0 aliphatic carbocycles. The van der Waals surface area contributed by atoms with Gasteiger partial charge in [-0.05, 0) is 37.3 Å². The summed E-state index contributed by atoms with van der Waals surface area (Å²) in [6.45, 7) is 3.11. The maximum Gasteiger partial charge on any atom is 0.192 e. The number of benzene rings is 1. The van der Waals surface area contributed by atoms with E-state index in [2.05, 4.69) is 19.1 Å². The first kappa shape index (κ1) is 17.9. The molecule has 108 valence electrons. The molecule has 0 aliphatic rings. The monoisotopic (exact) mass is 283 g/mol. The fourth-order valence-corrected chi connectivity index (χ4v) is 1.75. The summed E-state index contributed by atoms with van der Waals surface area (Å²) in [5.74, 6) is 0.00926. The molecule has 4 heteroatoms. The standard InChI is InChI=1S/C8H19N.C7H6O2S/c1-2-3-4-5-6-7-8-9;8-6-4-2-1-3-5(6)7(9)10/h2-9H2,1H3;1-4,8H,(H,9,10). The van der Waals surface area contributed by atoms with Crippen molar-refractivity contribution in [1.29, 1.82) is 0 Å². The van der Waals surface area contributed by atoms with Gasteiger partial charge in [-0.1, -0.05) is 51.2 Å². The van der Waals surface area contributed by atoms with Crippen LogP contribution in [0.1, 0.15) is 51.0 Å². The molecule has 0 saturated carbocycles. The summed E-state index contributed by atoms with van der Waals surface area (Å²) in [5.41, 5.74) is 5.65. The van der Waals surface area contributed by atoms with Gasteiger partial charge in [-0.25, -0.2) is 0 Å². The van der Waals surface area contributed by atoms with E-state index < -0.39 is 0 Å². The van der Waals surface area contributed by atoms with Gasteiger partial charge in [-0.2, -0.15) is 0 Å². The number of unbranched alkanes of at least 4 members (excludes halogenated alkanes) is 5. The van der Waals surface area contributed by atoms with E-state index in [0.717, 1.165) is 6.54 Å². The van der Waals surface area contributed by atoms with E-state index in [-0.39, 0.29) is 10.8 Å². The summed E-state index contributed by atoms with van der Waals surface area (Å²) in [4.78, 5) is 0. The van der Waals surface area contributed by atoms with Crippen molar-refractivity contribution >= 4 is 17.3 Å². The number of para-hydroxylation sites is 1. The lowest BCUT2D eigenvalue weighted by Gasteiger charge is -1.97. The summed E-state index contributed by atoms with van der Waals surface area (Å²) in [7, 11) is 0. The Balaban J connectivity index is 0.000000344. The van der Waals surface area contributed by atoms with Crippen molar-refractivity contribution in [3.63, 3.8) is 0 Å². The van der Waals surface area contributed by atoms with E-state index >= 15 is 0 Å². The number of phenols is 1. The highest BCUT2D eigenvalue weighted by Crippen LogP contribution is 2.15. The molecule has 0 unspecified atom stereocenters. The van der Waals surface area contributed by atoms with Crippen LogP contribution in [0.15, 0.2) is 24.3 Å². The molecule has 0 saturated heterocycles. The van der Waals surface area contributed by atoms with Crippen LogP contribution in [-0.2, 0) is 0 Å². The topological polar surface area (TPSA) is 66.5 Å². The molecule has 19 heavy (non-hydrogen) atoms. The maximum absolute atomic E-state index is 9.03. The number of rotatable bonds is 7. The normalized spacial score (nSPS) is 9.58. The number of aliphatic hydroxyl groups excluding tert-OH is 1. The number of hydrogen-bond donors (Lipinski definition) is 3.